The number of anilines is 1. The lowest BCUT2D eigenvalue weighted by molar-refractivity contribution is -0.401. The van der Waals surface area contributed by atoms with E-state index in [2.05, 4.69) is 128 Å². The molecule has 0 spiro atoms. The van der Waals surface area contributed by atoms with Crippen LogP contribution < -0.4 is 28.4 Å². The van der Waals surface area contributed by atoms with Gasteiger partial charge in [-0.2, -0.15) is 4.58 Å². The van der Waals surface area contributed by atoms with Gasteiger partial charge in [0.1, 0.15) is 7.05 Å². The number of carbonyl (C=O) groups is 1. The average molecular weight is 654 g/mol. The summed E-state index contributed by atoms with van der Waals surface area (Å²) in [6.45, 7) is 11.7. The van der Waals surface area contributed by atoms with Crippen molar-refractivity contribution in [2.24, 2.45) is 5.73 Å². The first-order chi connectivity index (χ1) is 20.7. The number of fused-ring (bicyclic) bond motifs is 2. The van der Waals surface area contributed by atoms with Gasteiger partial charge in [0.25, 0.3) is 0 Å². The molecule has 2 heterocycles. The largest absolute Gasteiger partial charge is 1.00 e. The van der Waals surface area contributed by atoms with Crippen LogP contribution in [0.3, 0.4) is 0 Å². The molecule has 0 radical (unpaired) electrons. The molecule has 0 saturated carbocycles. The van der Waals surface area contributed by atoms with Crippen LogP contribution >= 0.6 is 12.4 Å². The molecule has 1 amide bonds. The monoisotopic (exact) mass is 652 g/mol. The van der Waals surface area contributed by atoms with Crippen LogP contribution in [0.5, 0.6) is 0 Å². The quantitative estimate of drug-likeness (QED) is 0.160. The number of halogens is 2. The lowest BCUT2D eigenvalue weighted by atomic mass is 9.81. The Bertz CT molecular complexity index is 1390. The molecule has 45 heavy (non-hydrogen) atoms. The molecule has 246 valence electrons. The lowest BCUT2D eigenvalue weighted by Crippen LogP contribution is -3.00. The van der Waals surface area contributed by atoms with E-state index in [9.17, 15) is 4.79 Å². The van der Waals surface area contributed by atoms with Crippen molar-refractivity contribution in [2.75, 3.05) is 31.6 Å². The van der Waals surface area contributed by atoms with Crippen molar-refractivity contribution in [3.63, 3.8) is 0 Å². The number of nitrogens with two attached hydrogens (primary N) is 1. The normalized spacial score (nSPS) is 17.0. The van der Waals surface area contributed by atoms with Gasteiger partial charge in [0.05, 0.1) is 5.41 Å². The van der Waals surface area contributed by atoms with Gasteiger partial charge >= 0.3 is 0 Å². The van der Waals surface area contributed by atoms with Crippen molar-refractivity contribution in [1.82, 2.24) is 5.32 Å². The van der Waals surface area contributed by atoms with E-state index in [0.717, 1.165) is 64.6 Å². The van der Waals surface area contributed by atoms with E-state index in [1.54, 1.807) is 0 Å². The van der Waals surface area contributed by atoms with Gasteiger partial charge < -0.3 is 28.4 Å². The molecule has 7 heteroatoms. The topological polar surface area (TPSA) is 61.4 Å². The second-order valence-corrected chi connectivity index (χ2v) is 13.0. The van der Waals surface area contributed by atoms with Gasteiger partial charge in [-0.25, -0.2) is 0 Å². The van der Waals surface area contributed by atoms with E-state index in [-0.39, 0.29) is 41.6 Å². The van der Waals surface area contributed by atoms with Gasteiger partial charge in [-0.1, -0.05) is 87.7 Å². The Morgan fingerprint density at radius 2 is 1.51 bits per heavy atom. The zero-order valence-electron chi connectivity index (χ0n) is 27.9. The standard InChI is InChI=1S/C38H52N4O.2ClH/c1-37(2)30-20-13-15-22-32(30)41(5)34(37)24-10-8-11-25-35-38(3,4)31-21-14-16-23-33(31)42(35)29-19-9-12-26-36(43)40-28-18-7-6-17-27-39;;/h8,10-11,13-16,20-25H,6-7,9,12,17-19,26-29,39H2,1-5H3;2*1H. The molecule has 4 rings (SSSR count). The first-order valence-corrected chi connectivity index (χ1v) is 16.3. The Kier molecular flexibility index (Phi) is 15.1. The van der Waals surface area contributed by atoms with Gasteiger partial charge in [0, 0.05) is 54.0 Å². The summed E-state index contributed by atoms with van der Waals surface area (Å²) in [5.74, 6) is 0.180. The number of hydrogen-bond donors (Lipinski definition) is 2. The van der Waals surface area contributed by atoms with Crippen molar-refractivity contribution in [3.05, 3.63) is 95.7 Å². The van der Waals surface area contributed by atoms with E-state index in [0.29, 0.717) is 6.42 Å². The number of hydrogen-bond acceptors (Lipinski definition) is 3. The molecule has 2 aromatic carbocycles. The molecule has 0 unspecified atom stereocenters. The molecule has 0 saturated heterocycles. The van der Waals surface area contributed by atoms with Crippen molar-refractivity contribution in [1.29, 1.82) is 0 Å². The number of benzene rings is 2. The molecule has 2 aliphatic rings. The SMILES string of the molecule is C[N+]1=C(/C=C/C=C/C=C2/N(CCCCCC(=O)NCCCCCCN)c3ccccc3C2(C)C)C(C)(C)c2ccccc21.Cl.[Cl-]. The Balaban J connectivity index is 0.00000353. The maximum Gasteiger partial charge on any atom is 0.219 e. The summed E-state index contributed by atoms with van der Waals surface area (Å²) < 4.78 is 2.31. The molecule has 5 nitrogen and oxygen atoms in total. The Morgan fingerprint density at radius 3 is 2.24 bits per heavy atom. The highest BCUT2D eigenvalue weighted by Gasteiger charge is 2.42. The van der Waals surface area contributed by atoms with Gasteiger partial charge in [-0.3, -0.25) is 4.79 Å². The second-order valence-electron chi connectivity index (χ2n) is 13.0. The van der Waals surface area contributed by atoms with Crippen molar-refractivity contribution in [3.8, 4) is 0 Å². The number of unbranched alkanes of at least 4 members (excludes halogenated alkanes) is 5. The fraction of sp³-hybridized carbons (Fsp3) is 0.474. The highest BCUT2D eigenvalue weighted by Crippen LogP contribution is 2.47. The number of para-hydroxylation sites is 2. The summed E-state index contributed by atoms with van der Waals surface area (Å²) in [5.41, 5.74) is 13.4. The average Bonchev–Trinajstić information content (AvgIpc) is 3.33. The highest BCUT2D eigenvalue weighted by molar-refractivity contribution is 6.03. The van der Waals surface area contributed by atoms with E-state index in [4.69, 9.17) is 5.73 Å². The minimum absolute atomic E-state index is 0. The summed E-state index contributed by atoms with van der Waals surface area (Å²) in [6.07, 6.45) is 19.1. The molecule has 3 N–H and O–H groups in total. The highest BCUT2D eigenvalue weighted by atomic mass is 35.5. The Morgan fingerprint density at radius 1 is 0.844 bits per heavy atom. The minimum Gasteiger partial charge on any atom is -1.00 e. The van der Waals surface area contributed by atoms with E-state index >= 15 is 0 Å². The molecule has 2 aromatic rings. The van der Waals surface area contributed by atoms with E-state index in [1.165, 1.54) is 33.9 Å². The molecular weight excluding hydrogens is 599 g/mol. The molecule has 0 bridgehead atoms. The molecular formula is C38H54Cl2N4O. The lowest BCUT2D eigenvalue weighted by Gasteiger charge is -2.27. The van der Waals surface area contributed by atoms with Crippen LogP contribution in [0.25, 0.3) is 0 Å². The first-order valence-electron chi connectivity index (χ1n) is 16.3. The molecule has 2 aliphatic heterocycles. The van der Waals surface area contributed by atoms with Crippen LogP contribution in [0.1, 0.15) is 90.2 Å². The number of allylic oxidation sites excluding steroid dienone is 6. The molecule has 0 fully saturated rings. The predicted molar refractivity (Wildman–Crippen MR) is 190 cm³/mol. The van der Waals surface area contributed by atoms with E-state index < -0.39 is 0 Å². The number of nitrogens with one attached hydrogen (secondary N) is 1. The number of carbonyl (C=O) groups excluding carboxylic acids is 1. The van der Waals surface area contributed by atoms with Crippen LogP contribution in [0.2, 0.25) is 0 Å². The third-order valence-electron chi connectivity index (χ3n) is 9.21. The van der Waals surface area contributed by atoms with Gasteiger partial charge in [-0.15, -0.1) is 12.4 Å². The minimum atomic E-state index is -0.0707. The van der Waals surface area contributed by atoms with Gasteiger partial charge in [-0.05, 0) is 63.8 Å². The summed E-state index contributed by atoms with van der Waals surface area (Å²) in [6, 6.07) is 17.5. The van der Waals surface area contributed by atoms with Crippen LogP contribution in [-0.2, 0) is 15.6 Å². The van der Waals surface area contributed by atoms with Crippen molar-refractivity contribution < 1.29 is 21.8 Å². The van der Waals surface area contributed by atoms with Crippen LogP contribution in [0.4, 0.5) is 11.4 Å². The summed E-state index contributed by atoms with van der Waals surface area (Å²) in [5, 5.41) is 3.08. The Labute approximate surface area is 284 Å². The van der Waals surface area contributed by atoms with E-state index in [1.807, 2.05) is 0 Å². The maximum absolute atomic E-state index is 12.3. The number of amides is 1. The zero-order chi connectivity index (χ0) is 30.9. The van der Waals surface area contributed by atoms with Gasteiger partial charge in [0.15, 0.2) is 5.71 Å². The van der Waals surface area contributed by atoms with Crippen molar-refractivity contribution in [2.45, 2.75) is 89.9 Å². The third kappa shape index (κ3) is 9.12. The summed E-state index contributed by atoms with van der Waals surface area (Å²) in [4.78, 5) is 14.7. The number of nitrogens with zero attached hydrogens (tertiary/aromatic N) is 2. The summed E-state index contributed by atoms with van der Waals surface area (Å²) >= 11 is 0. The van der Waals surface area contributed by atoms with Gasteiger partial charge in [0.2, 0.25) is 11.6 Å². The number of rotatable bonds is 15. The Hall–Kier alpha value is -2.86. The van der Waals surface area contributed by atoms with Crippen molar-refractivity contribution >= 4 is 35.4 Å². The zero-order valence-corrected chi connectivity index (χ0v) is 29.5. The fourth-order valence-electron chi connectivity index (χ4n) is 6.71. The van der Waals surface area contributed by atoms with Crippen LogP contribution in [0.15, 0.2) is 84.6 Å². The third-order valence-corrected chi connectivity index (χ3v) is 9.21. The molecule has 0 aliphatic carbocycles. The molecule has 0 atom stereocenters. The predicted octanol–water partition coefficient (Wildman–Crippen LogP) is 5.11. The first kappa shape index (κ1) is 38.3. The summed E-state index contributed by atoms with van der Waals surface area (Å²) in [7, 11) is 2.16. The maximum atomic E-state index is 12.3. The fourth-order valence-corrected chi connectivity index (χ4v) is 6.71. The van der Waals surface area contributed by atoms with Crippen LogP contribution in [0, 0.1) is 0 Å². The second kappa shape index (κ2) is 17.7. The molecule has 0 aromatic heterocycles. The smallest absolute Gasteiger partial charge is 0.219 e. The van der Waals surface area contributed by atoms with Crippen LogP contribution in [-0.4, -0.2) is 42.9 Å².